The first kappa shape index (κ1) is 11.5. The summed E-state index contributed by atoms with van der Waals surface area (Å²) in [5, 5.41) is 8.14. The number of hydrazine groups is 1. The number of nitrogens with one attached hydrogen (secondary N) is 2. The molecule has 0 aliphatic heterocycles. The molecule has 0 aromatic carbocycles. The Morgan fingerprint density at radius 1 is 1.38 bits per heavy atom. The number of rotatable bonds is 2. The van der Waals surface area contributed by atoms with Crippen molar-refractivity contribution in [2.45, 2.75) is 32.8 Å². The van der Waals surface area contributed by atoms with Crippen LogP contribution in [0.3, 0.4) is 0 Å². The molecule has 3 N–H and O–H groups in total. The maximum absolute atomic E-state index is 10.9. The number of carboxylic acid groups (broad SMARTS) is 1. The quantitative estimate of drug-likeness (QED) is 0.568. The molecule has 0 fully saturated rings. The van der Waals surface area contributed by atoms with Crippen LogP contribution in [0.2, 0.25) is 0 Å². The van der Waals surface area contributed by atoms with Crippen LogP contribution in [-0.4, -0.2) is 22.9 Å². The fourth-order valence-electron chi connectivity index (χ4n) is 0.453. The third-order valence-electron chi connectivity index (χ3n) is 1.49. The number of hydrogen-bond donors (Lipinski definition) is 3. The molecule has 76 valence electrons. The van der Waals surface area contributed by atoms with Gasteiger partial charge in [0.25, 0.3) is 0 Å². The molecule has 0 spiro atoms. The summed E-state index contributed by atoms with van der Waals surface area (Å²) < 4.78 is 4.86. The van der Waals surface area contributed by atoms with Gasteiger partial charge >= 0.3 is 12.2 Å². The lowest BCUT2D eigenvalue weighted by Gasteiger charge is -2.22. The summed E-state index contributed by atoms with van der Waals surface area (Å²) in [5.74, 6) is 0. The van der Waals surface area contributed by atoms with Gasteiger partial charge in [0.05, 0.1) is 0 Å². The van der Waals surface area contributed by atoms with E-state index in [1.54, 1.807) is 19.3 Å². The maximum atomic E-state index is 10.9. The Morgan fingerprint density at radius 3 is 2.31 bits per heavy atom. The van der Waals surface area contributed by atoms with Gasteiger partial charge in [0.15, 0.2) is 0 Å². The maximum Gasteiger partial charge on any atom is 0.426 e. The zero-order valence-electron chi connectivity index (χ0n) is 7.88. The van der Waals surface area contributed by atoms with Gasteiger partial charge in [-0.15, -0.1) is 0 Å². The predicted octanol–water partition coefficient (Wildman–Crippen LogP) is 1.08. The average Bonchev–Trinajstić information content (AvgIpc) is 2.00. The van der Waals surface area contributed by atoms with Crippen molar-refractivity contribution >= 4 is 12.2 Å². The molecule has 0 rings (SSSR count). The van der Waals surface area contributed by atoms with Gasteiger partial charge in [0.2, 0.25) is 0 Å². The minimum Gasteiger partial charge on any atom is -0.464 e. The van der Waals surface area contributed by atoms with Crippen molar-refractivity contribution in [2.75, 3.05) is 0 Å². The van der Waals surface area contributed by atoms with E-state index in [9.17, 15) is 9.59 Å². The highest BCUT2D eigenvalue weighted by atomic mass is 16.6. The molecular weight excluding hydrogens is 176 g/mol. The van der Waals surface area contributed by atoms with Crippen molar-refractivity contribution in [1.82, 2.24) is 10.9 Å². The summed E-state index contributed by atoms with van der Waals surface area (Å²) in [4.78, 5) is 20.8. The van der Waals surface area contributed by atoms with Crippen LogP contribution < -0.4 is 10.9 Å². The fourth-order valence-corrected chi connectivity index (χ4v) is 0.453. The van der Waals surface area contributed by atoms with Gasteiger partial charge in [-0.25, -0.2) is 20.4 Å². The lowest BCUT2D eigenvalue weighted by molar-refractivity contribution is 0.0337. The number of carbonyl (C=O) groups is 2. The summed E-state index contributed by atoms with van der Waals surface area (Å²) >= 11 is 0. The minimum atomic E-state index is -1.34. The molecule has 0 aromatic heterocycles. The molecule has 6 nitrogen and oxygen atoms in total. The molecule has 13 heavy (non-hydrogen) atoms. The SMILES string of the molecule is CCC(C)(C)OC(=O)NNC(=O)O. The van der Waals surface area contributed by atoms with Crippen LogP contribution in [0.25, 0.3) is 0 Å². The second kappa shape index (κ2) is 4.54. The van der Waals surface area contributed by atoms with Crippen molar-refractivity contribution in [3.05, 3.63) is 0 Å². The Kier molecular flexibility index (Phi) is 4.03. The van der Waals surface area contributed by atoms with E-state index in [-0.39, 0.29) is 0 Å². The summed E-state index contributed by atoms with van der Waals surface area (Å²) in [7, 11) is 0. The van der Waals surface area contributed by atoms with Gasteiger partial charge < -0.3 is 9.84 Å². The lowest BCUT2D eigenvalue weighted by Crippen LogP contribution is -2.44. The van der Waals surface area contributed by atoms with E-state index in [1.165, 1.54) is 0 Å². The molecule has 0 atom stereocenters. The normalized spacial score (nSPS) is 10.4. The molecule has 6 heteroatoms. The molecule has 0 unspecified atom stereocenters. The number of amides is 2. The van der Waals surface area contributed by atoms with E-state index in [1.807, 2.05) is 12.3 Å². The number of ether oxygens (including phenoxy) is 1. The average molecular weight is 190 g/mol. The smallest absolute Gasteiger partial charge is 0.426 e. The molecular formula is C7H14N2O4. The van der Waals surface area contributed by atoms with Crippen LogP contribution in [-0.2, 0) is 4.74 Å². The van der Waals surface area contributed by atoms with Gasteiger partial charge in [0, 0.05) is 0 Å². The number of carbonyl (C=O) groups excluding carboxylic acids is 1. The second-order valence-electron chi connectivity index (χ2n) is 3.06. The first-order valence-electron chi connectivity index (χ1n) is 3.85. The molecule has 0 saturated heterocycles. The van der Waals surface area contributed by atoms with E-state index in [0.717, 1.165) is 0 Å². The Hall–Kier alpha value is -1.46. The largest absolute Gasteiger partial charge is 0.464 e. The van der Waals surface area contributed by atoms with Gasteiger partial charge in [-0.3, -0.25) is 0 Å². The van der Waals surface area contributed by atoms with Crippen molar-refractivity contribution in [3.63, 3.8) is 0 Å². The summed E-state index contributed by atoms with van der Waals surface area (Å²) in [6.45, 7) is 5.32. The third kappa shape index (κ3) is 5.77. The third-order valence-corrected chi connectivity index (χ3v) is 1.49. The van der Waals surface area contributed by atoms with Crippen molar-refractivity contribution < 1.29 is 19.4 Å². The van der Waals surface area contributed by atoms with Crippen LogP contribution in [0.5, 0.6) is 0 Å². The Balaban J connectivity index is 3.81. The number of hydrogen-bond acceptors (Lipinski definition) is 3. The highest BCUT2D eigenvalue weighted by Gasteiger charge is 2.20. The monoisotopic (exact) mass is 190 g/mol. The molecule has 2 amide bonds. The fraction of sp³-hybridized carbons (Fsp3) is 0.714. The van der Waals surface area contributed by atoms with Crippen LogP contribution >= 0.6 is 0 Å². The summed E-state index contributed by atoms with van der Waals surface area (Å²) in [6.07, 6.45) is -1.51. The zero-order chi connectivity index (χ0) is 10.5. The van der Waals surface area contributed by atoms with Gasteiger partial charge in [-0.2, -0.15) is 0 Å². The van der Waals surface area contributed by atoms with Gasteiger partial charge in [-0.05, 0) is 20.3 Å². The van der Waals surface area contributed by atoms with Crippen molar-refractivity contribution in [3.8, 4) is 0 Å². The molecule has 0 aliphatic carbocycles. The van der Waals surface area contributed by atoms with E-state index >= 15 is 0 Å². The minimum absolute atomic E-state index is 0.593. The van der Waals surface area contributed by atoms with Crippen molar-refractivity contribution in [1.29, 1.82) is 0 Å². The Labute approximate surface area is 76.2 Å². The highest BCUT2D eigenvalue weighted by Crippen LogP contribution is 2.12. The Bertz CT molecular complexity index is 203. The molecule has 0 aliphatic rings. The molecule has 0 bridgehead atoms. The summed E-state index contributed by atoms with van der Waals surface area (Å²) in [5.41, 5.74) is 2.95. The topological polar surface area (TPSA) is 87.7 Å². The zero-order valence-corrected chi connectivity index (χ0v) is 7.88. The van der Waals surface area contributed by atoms with Gasteiger partial charge in [0.1, 0.15) is 5.60 Å². The molecule has 0 radical (unpaired) electrons. The van der Waals surface area contributed by atoms with Crippen molar-refractivity contribution in [2.24, 2.45) is 0 Å². The van der Waals surface area contributed by atoms with E-state index in [0.29, 0.717) is 6.42 Å². The second-order valence-corrected chi connectivity index (χ2v) is 3.06. The van der Waals surface area contributed by atoms with E-state index in [4.69, 9.17) is 9.84 Å². The molecule has 0 saturated carbocycles. The summed E-state index contributed by atoms with van der Waals surface area (Å²) in [6, 6.07) is 0. The van der Waals surface area contributed by atoms with Gasteiger partial charge in [-0.1, -0.05) is 6.92 Å². The first-order valence-corrected chi connectivity index (χ1v) is 3.85. The van der Waals surface area contributed by atoms with E-state index < -0.39 is 17.8 Å². The van der Waals surface area contributed by atoms with E-state index in [2.05, 4.69) is 0 Å². The highest BCUT2D eigenvalue weighted by molar-refractivity contribution is 5.72. The molecule has 0 aromatic rings. The first-order chi connectivity index (χ1) is 5.87. The van der Waals surface area contributed by atoms with Crippen LogP contribution in [0.15, 0.2) is 0 Å². The van der Waals surface area contributed by atoms with Crippen LogP contribution in [0, 0.1) is 0 Å². The molecule has 0 heterocycles. The lowest BCUT2D eigenvalue weighted by atomic mass is 10.1. The van der Waals surface area contributed by atoms with Crippen LogP contribution in [0.4, 0.5) is 9.59 Å². The predicted molar refractivity (Wildman–Crippen MR) is 45.1 cm³/mol. The van der Waals surface area contributed by atoms with Crippen LogP contribution in [0.1, 0.15) is 27.2 Å². The standard InChI is InChI=1S/C7H14N2O4/c1-4-7(2,3)13-6(12)9-8-5(10)11/h8H,4H2,1-3H3,(H,9,12)(H,10,11). The Morgan fingerprint density at radius 2 is 1.92 bits per heavy atom.